The zero-order valence-electron chi connectivity index (χ0n) is 17.3. The fourth-order valence-electron chi connectivity index (χ4n) is 5.09. The first-order valence-corrected chi connectivity index (χ1v) is 10.6. The molecule has 0 spiro atoms. The lowest BCUT2D eigenvalue weighted by Crippen LogP contribution is -2.46. The van der Waals surface area contributed by atoms with Crippen LogP contribution in [-0.4, -0.2) is 45.7 Å². The van der Waals surface area contributed by atoms with Crippen molar-refractivity contribution in [2.75, 3.05) is 18.0 Å². The number of nitrogens with zero attached hydrogens (tertiary/aromatic N) is 3. The molecule has 6 nitrogen and oxygen atoms in total. The fraction of sp³-hybridized carbons (Fsp3) is 0.333. The molecule has 2 fully saturated rings. The number of aromatic nitrogens is 1. The summed E-state index contributed by atoms with van der Waals surface area (Å²) < 4.78 is 16.8. The van der Waals surface area contributed by atoms with Gasteiger partial charge in [0.15, 0.2) is 0 Å². The number of hydrogen-bond acceptors (Lipinski definition) is 4. The molecule has 3 heterocycles. The SMILES string of the molecule is CCn1cc(C(=O)O)c(=O)c2cc(F)c(N3CC4CC3CN4Cc3ccccc3)cc21. The summed E-state index contributed by atoms with van der Waals surface area (Å²) in [6.45, 7) is 4.86. The monoisotopic (exact) mass is 421 g/mol. The molecule has 0 amide bonds. The molecule has 5 rings (SSSR count). The number of rotatable bonds is 5. The molecule has 160 valence electrons. The number of carbonyl (C=O) groups is 1. The normalized spacial score (nSPS) is 20.6. The molecule has 2 aliphatic heterocycles. The van der Waals surface area contributed by atoms with Crippen LogP contribution in [0.3, 0.4) is 0 Å². The summed E-state index contributed by atoms with van der Waals surface area (Å²) in [5, 5.41) is 9.43. The van der Waals surface area contributed by atoms with Gasteiger partial charge < -0.3 is 14.6 Å². The standard InChI is InChI=1S/C24H24FN3O3/c1-2-26-14-19(24(30)31)23(29)18-9-20(25)22(10-21(18)26)28-13-16-8-17(28)12-27(16)11-15-6-4-3-5-7-15/h3-7,9-10,14,16-17H,2,8,11-13H2,1H3,(H,30,31). The number of piperazine rings is 1. The molecule has 0 saturated carbocycles. The molecule has 0 aliphatic carbocycles. The Bertz CT molecular complexity index is 1220. The third-order valence-electron chi connectivity index (χ3n) is 6.61. The molecule has 2 bridgehead atoms. The van der Waals surface area contributed by atoms with E-state index >= 15 is 4.39 Å². The first kappa shape index (κ1) is 19.8. The highest BCUT2D eigenvalue weighted by molar-refractivity contribution is 5.93. The van der Waals surface area contributed by atoms with E-state index in [-0.39, 0.29) is 17.0 Å². The molecule has 31 heavy (non-hydrogen) atoms. The van der Waals surface area contributed by atoms with E-state index in [9.17, 15) is 14.7 Å². The highest BCUT2D eigenvalue weighted by atomic mass is 19.1. The van der Waals surface area contributed by atoms with Crippen molar-refractivity contribution in [3.8, 4) is 0 Å². The number of pyridine rings is 1. The smallest absolute Gasteiger partial charge is 0.341 e. The zero-order valence-corrected chi connectivity index (χ0v) is 17.3. The summed E-state index contributed by atoms with van der Waals surface area (Å²) in [6, 6.07) is 13.9. The molecular formula is C24H24FN3O3. The molecule has 2 saturated heterocycles. The predicted molar refractivity (Wildman–Crippen MR) is 117 cm³/mol. The van der Waals surface area contributed by atoms with Crippen LogP contribution < -0.4 is 10.3 Å². The van der Waals surface area contributed by atoms with E-state index in [2.05, 4.69) is 21.9 Å². The number of carboxylic acids is 1. The van der Waals surface area contributed by atoms with Gasteiger partial charge in [0, 0.05) is 49.8 Å². The van der Waals surface area contributed by atoms with Crippen molar-refractivity contribution in [2.24, 2.45) is 0 Å². The maximum atomic E-state index is 15.1. The van der Waals surface area contributed by atoms with Crippen LogP contribution in [0.15, 0.2) is 53.5 Å². The molecule has 1 aromatic heterocycles. The van der Waals surface area contributed by atoms with E-state index in [4.69, 9.17) is 0 Å². The summed E-state index contributed by atoms with van der Waals surface area (Å²) in [5.74, 6) is -1.77. The number of aromatic carboxylic acids is 1. The summed E-state index contributed by atoms with van der Waals surface area (Å²) in [6.07, 6.45) is 2.34. The van der Waals surface area contributed by atoms with Gasteiger partial charge in [-0.3, -0.25) is 9.69 Å². The molecule has 2 unspecified atom stereocenters. The van der Waals surface area contributed by atoms with Gasteiger partial charge in [0.25, 0.3) is 0 Å². The highest BCUT2D eigenvalue weighted by Gasteiger charge is 2.43. The van der Waals surface area contributed by atoms with Crippen LogP contribution in [0, 0.1) is 5.82 Å². The molecule has 7 heteroatoms. The van der Waals surface area contributed by atoms with E-state index in [0.717, 1.165) is 26.1 Å². The van der Waals surface area contributed by atoms with Crippen molar-refractivity contribution in [3.63, 3.8) is 0 Å². The Balaban J connectivity index is 1.47. The van der Waals surface area contributed by atoms with Crippen molar-refractivity contribution < 1.29 is 14.3 Å². The average Bonchev–Trinajstić information content (AvgIpc) is 3.35. The largest absolute Gasteiger partial charge is 0.477 e. The van der Waals surface area contributed by atoms with Gasteiger partial charge in [0.2, 0.25) is 5.43 Å². The Morgan fingerprint density at radius 1 is 1.16 bits per heavy atom. The van der Waals surface area contributed by atoms with Gasteiger partial charge in [-0.25, -0.2) is 9.18 Å². The molecule has 2 atom stereocenters. The van der Waals surface area contributed by atoms with E-state index < -0.39 is 17.2 Å². The second-order valence-electron chi connectivity index (χ2n) is 8.39. The number of aryl methyl sites for hydroxylation is 1. The average molecular weight is 421 g/mol. The molecule has 3 aromatic rings. The Labute approximate surface area is 179 Å². The maximum Gasteiger partial charge on any atom is 0.341 e. The quantitative estimate of drug-likeness (QED) is 0.685. The van der Waals surface area contributed by atoms with E-state index in [0.29, 0.717) is 23.8 Å². The number of hydrogen-bond donors (Lipinski definition) is 1. The number of carboxylic acid groups (broad SMARTS) is 1. The fourth-order valence-corrected chi connectivity index (χ4v) is 5.09. The van der Waals surface area contributed by atoms with E-state index in [1.54, 1.807) is 10.6 Å². The number of anilines is 1. The zero-order chi connectivity index (χ0) is 21.7. The third kappa shape index (κ3) is 3.29. The maximum absolute atomic E-state index is 15.1. The van der Waals surface area contributed by atoms with Crippen molar-refractivity contribution in [1.82, 2.24) is 9.47 Å². The second-order valence-corrected chi connectivity index (χ2v) is 8.39. The van der Waals surface area contributed by atoms with Crippen LogP contribution in [0.25, 0.3) is 10.9 Å². The lowest BCUT2D eigenvalue weighted by atomic mass is 10.1. The van der Waals surface area contributed by atoms with Crippen LogP contribution in [0.2, 0.25) is 0 Å². The van der Waals surface area contributed by atoms with Crippen molar-refractivity contribution in [3.05, 3.63) is 75.8 Å². The van der Waals surface area contributed by atoms with Gasteiger partial charge in [0.05, 0.1) is 11.2 Å². The molecule has 2 aliphatic rings. The summed E-state index contributed by atoms with van der Waals surface area (Å²) in [7, 11) is 0. The topological polar surface area (TPSA) is 65.8 Å². The number of likely N-dealkylation sites (tertiary alicyclic amines) is 1. The number of halogens is 1. The van der Waals surface area contributed by atoms with E-state index in [1.165, 1.54) is 17.8 Å². The van der Waals surface area contributed by atoms with Crippen LogP contribution in [0.5, 0.6) is 0 Å². The van der Waals surface area contributed by atoms with Gasteiger partial charge in [-0.05, 0) is 31.0 Å². The van der Waals surface area contributed by atoms with E-state index in [1.807, 2.05) is 25.1 Å². The summed E-state index contributed by atoms with van der Waals surface area (Å²) in [4.78, 5) is 28.6. The minimum atomic E-state index is -1.30. The number of fused-ring (bicyclic) bond motifs is 3. The highest BCUT2D eigenvalue weighted by Crippen LogP contribution is 2.37. The second kappa shape index (κ2) is 7.50. The minimum Gasteiger partial charge on any atom is -0.477 e. The number of benzene rings is 2. The molecule has 0 radical (unpaired) electrons. The molecule has 1 N–H and O–H groups in total. The first-order chi connectivity index (χ1) is 15.0. The van der Waals surface area contributed by atoms with Gasteiger partial charge in [0.1, 0.15) is 11.4 Å². The van der Waals surface area contributed by atoms with Crippen molar-refractivity contribution >= 4 is 22.6 Å². The Morgan fingerprint density at radius 3 is 2.58 bits per heavy atom. The molecular weight excluding hydrogens is 397 g/mol. The Morgan fingerprint density at radius 2 is 1.94 bits per heavy atom. The summed E-state index contributed by atoms with van der Waals surface area (Å²) in [5.41, 5.74) is 1.36. The van der Waals surface area contributed by atoms with Crippen LogP contribution >= 0.6 is 0 Å². The first-order valence-electron chi connectivity index (χ1n) is 10.6. The van der Waals surface area contributed by atoms with Crippen LogP contribution in [-0.2, 0) is 13.1 Å². The van der Waals surface area contributed by atoms with Gasteiger partial charge in [-0.2, -0.15) is 0 Å². The van der Waals surface area contributed by atoms with Crippen LogP contribution in [0.1, 0.15) is 29.3 Å². The van der Waals surface area contributed by atoms with Gasteiger partial charge >= 0.3 is 5.97 Å². The Kier molecular flexibility index (Phi) is 4.78. The van der Waals surface area contributed by atoms with Crippen molar-refractivity contribution in [1.29, 1.82) is 0 Å². The lowest BCUT2D eigenvalue weighted by Gasteiger charge is -2.36. The summed E-state index contributed by atoms with van der Waals surface area (Å²) >= 11 is 0. The lowest BCUT2D eigenvalue weighted by molar-refractivity contribution is 0.0695. The third-order valence-corrected chi connectivity index (χ3v) is 6.61. The van der Waals surface area contributed by atoms with Crippen LogP contribution in [0.4, 0.5) is 10.1 Å². The van der Waals surface area contributed by atoms with Gasteiger partial charge in [-0.1, -0.05) is 30.3 Å². The minimum absolute atomic E-state index is 0.109. The van der Waals surface area contributed by atoms with Gasteiger partial charge in [-0.15, -0.1) is 0 Å². The van der Waals surface area contributed by atoms with Crippen molar-refractivity contribution in [2.45, 2.75) is 38.5 Å². The molecule has 2 aromatic carbocycles. The Hall–Kier alpha value is -3.19. The predicted octanol–water partition coefficient (Wildman–Crippen LogP) is 3.32.